The van der Waals surface area contributed by atoms with Gasteiger partial charge in [-0.1, -0.05) is 36.4 Å². The average molecular weight is 316 g/mol. The first-order chi connectivity index (χ1) is 11.1. The Hall–Kier alpha value is -2.53. The number of carbonyl (C=O) groups is 1. The standard InChI is InChI=1S/C18H20O5/c1-21-15-9-8-14(16(11-15)22-2)10-17(18(19)20)23-12-13-6-4-3-5-7-13/h3-9,11,17H,10,12H2,1-2H3,(H,19,20)/t17-/m0/s1. The van der Waals surface area contributed by atoms with Crippen LogP contribution in [0.5, 0.6) is 11.5 Å². The normalized spacial score (nSPS) is 11.7. The molecule has 1 atom stereocenters. The molecule has 0 heterocycles. The molecule has 5 nitrogen and oxygen atoms in total. The predicted molar refractivity (Wildman–Crippen MR) is 85.9 cm³/mol. The highest BCUT2D eigenvalue weighted by Gasteiger charge is 2.21. The van der Waals surface area contributed by atoms with Gasteiger partial charge in [0.25, 0.3) is 0 Å². The number of carboxylic acids is 1. The number of carboxylic acid groups (broad SMARTS) is 1. The molecule has 1 N–H and O–H groups in total. The van der Waals surface area contributed by atoms with Crippen LogP contribution in [0.25, 0.3) is 0 Å². The minimum absolute atomic E-state index is 0.218. The molecular formula is C18H20O5. The van der Waals surface area contributed by atoms with Gasteiger partial charge < -0.3 is 19.3 Å². The summed E-state index contributed by atoms with van der Waals surface area (Å²) in [5.41, 5.74) is 1.69. The summed E-state index contributed by atoms with van der Waals surface area (Å²) < 4.78 is 16.0. The van der Waals surface area contributed by atoms with Crippen molar-refractivity contribution >= 4 is 5.97 Å². The molecule has 0 aliphatic rings. The van der Waals surface area contributed by atoms with Crippen LogP contribution in [-0.2, 0) is 22.6 Å². The van der Waals surface area contributed by atoms with Crippen LogP contribution < -0.4 is 9.47 Å². The molecule has 0 fully saturated rings. The van der Waals surface area contributed by atoms with Gasteiger partial charge >= 0.3 is 5.97 Å². The average Bonchev–Trinajstić information content (AvgIpc) is 2.59. The Morgan fingerprint density at radius 3 is 2.43 bits per heavy atom. The van der Waals surface area contributed by atoms with Gasteiger partial charge in [0.15, 0.2) is 6.10 Å². The molecule has 0 spiro atoms. The minimum Gasteiger partial charge on any atom is -0.497 e. The van der Waals surface area contributed by atoms with Gasteiger partial charge in [-0.2, -0.15) is 0 Å². The number of methoxy groups -OCH3 is 2. The maximum absolute atomic E-state index is 11.5. The van der Waals surface area contributed by atoms with Crippen molar-refractivity contribution in [3.8, 4) is 11.5 Å². The molecule has 0 unspecified atom stereocenters. The van der Waals surface area contributed by atoms with E-state index < -0.39 is 12.1 Å². The van der Waals surface area contributed by atoms with E-state index in [1.54, 1.807) is 32.4 Å². The molecule has 0 bridgehead atoms. The van der Waals surface area contributed by atoms with Crippen LogP contribution >= 0.6 is 0 Å². The molecule has 2 aromatic rings. The molecule has 23 heavy (non-hydrogen) atoms. The highest BCUT2D eigenvalue weighted by Crippen LogP contribution is 2.26. The van der Waals surface area contributed by atoms with Crippen molar-refractivity contribution in [1.82, 2.24) is 0 Å². The Morgan fingerprint density at radius 1 is 1.09 bits per heavy atom. The van der Waals surface area contributed by atoms with Crippen molar-refractivity contribution in [2.45, 2.75) is 19.1 Å². The number of hydrogen-bond acceptors (Lipinski definition) is 4. The van der Waals surface area contributed by atoms with Gasteiger partial charge in [-0.15, -0.1) is 0 Å². The van der Waals surface area contributed by atoms with Crippen molar-refractivity contribution in [2.75, 3.05) is 14.2 Å². The van der Waals surface area contributed by atoms with Crippen LogP contribution in [0.15, 0.2) is 48.5 Å². The molecular weight excluding hydrogens is 296 g/mol. The van der Waals surface area contributed by atoms with Gasteiger partial charge in [0, 0.05) is 12.5 Å². The SMILES string of the molecule is COc1ccc(C[C@H](OCc2ccccc2)C(=O)O)c(OC)c1. The lowest BCUT2D eigenvalue weighted by molar-refractivity contribution is -0.151. The summed E-state index contributed by atoms with van der Waals surface area (Å²) in [6, 6.07) is 14.8. The fraction of sp³-hybridized carbons (Fsp3) is 0.278. The monoisotopic (exact) mass is 316 g/mol. The summed E-state index contributed by atoms with van der Waals surface area (Å²) in [7, 11) is 3.11. The smallest absolute Gasteiger partial charge is 0.333 e. The summed E-state index contributed by atoms with van der Waals surface area (Å²) in [5, 5.41) is 9.39. The molecule has 122 valence electrons. The van der Waals surface area contributed by atoms with Crippen LogP contribution in [0.3, 0.4) is 0 Å². The van der Waals surface area contributed by atoms with Crippen molar-refractivity contribution in [3.63, 3.8) is 0 Å². The topological polar surface area (TPSA) is 65.0 Å². The number of benzene rings is 2. The number of rotatable bonds is 8. The van der Waals surface area contributed by atoms with Crippen molar-refractivity contribution < 1.29 is 24.1 Å². The predicted octanol–water partition coefficient (Wildman–Crippen LogP) is 2.92. The van der Waals surface area contributed by atoms with Crippen molar-refractivity contribution in [3.05, 3.63) is 59.7 Å². The zero-order valence-electron chi connectivity index (χ0n) is 13.2. The maximum Gasteiger partial charge on any atom is 0.333 e. The fourth-order valence-corrected chi connectivity index (χ4v) is 2.21. The lowest BCUT2D eigenvalue weighted by Crippen LogP contribution is -2.26. The van der Waals surface area contributed by atoms with E-state index in [1.807, 2.05) is 30.3 Å². The van der Waals surface area contributed by atoms with Gasteiger partial charge in [0.05, 0.1) is 20.8 Å². The number of ether oxygens (including phenoxy) is 3. The zero-order chi connectivity index (χ0) is 16.7. The minimum atomic E-state index is -1.00. The third kappa shape index (κ3) is 4.72. The molecule has 0 amide bonds. The van der Waals surface area contributed by atoms with Crippen molar-refractivity contribution in [2.24, 2.45) is 0 Å². The van der Waals surface area contributed by atoms with Crippen LogP contribution in [-0.4, -0.2) is 31.4 Å². The highest BCUT2D eigenvalue weighted by molar-refractivity contribution is 5.73. The van der Waals surface area contributed by atoms with E-state index in [4.69, 9.17) is 14.2 Å². The fourth-order valence-electron chi connectivity index (χ4n) is 2.21. The van der Waals surface area contributed by atoms with Gasteiger partial charge in [-0.05, 0) is 17.2 Å². The molecule has 0 aliphatic heterocycles. The molecule has 0 radical (unpaired) electrons. The van der Waals surface area contributed by atoms with Gasteiger partial charge in [-0.3, -0.25) is 0 Å². The summed E-state index contributed by atoms with van der Waals surface area (Å²) in [4.78, 5) is 11.5. The van der Waals surface area contributed by atoms with E-state index in [1.165, 1.54) is 0 Å². The van der Waals surface area contributed by atoms with E-state index in [0.717, 1.165) is 11.1 Å². The second-order valence-electron chi connectivity index (χ2n) is 5.01. The first-order valence-electron chi connectivity index (χ1n) is 7.23. The van der Waals surface area contributed by atoms with E-state index >= 15 is 0 Å². The second kappa shape index (κ2) is 8.19. The third-order valence-corrected chi connectivity index (χ3v) is 3.47. The van der Waals surface area contributed by atoms with Crippen LogP contribution in [0.4, 0.5) is 0 Å². The summed E-state index contributed by atoms with van der Waals surface area (Å²) >= 11 is 0. The molecule has 5 heteroatoms. The first kappa shape index (κ1) is 16.8. The highest BCUT2D eigenvalue weighted by atomic mass is 16.5. The molecule has 0 saturated heterocycles. The lowest BCUT2D eigenvalue weighted by Gasteiger charge is -2.16. The van der Waals surface area contributed by atoms with E-state index in [9.17, 15) is 9.90 Å². The van der Waals surface area contributed by atoms with Gasteiger partial charge in [0.1, 0.15) is 11.5 Å². The summed E-state index contributed by atoms with van der Waals surface area (Å²) in [5.74, 6) is 0.236. The maximum atomic E-state index is 11.5. The van der Waals surface area contributed by atoms with Gasteiger partial charge in [0.2, 0.25) is 0 Å². The van der Waals surface area contributed by atoms with Crippen molar-refractivity contribution in [1.29, 1.82) is 0 Å². The molecule has 2 aromatic carbocycles. The van der Waals surface area contributed by atoms with Crippen LogP contribution in [0, 0.1) is 0 Å². The summed E-state index contributed by atoms with van der Waals surface area (Å²) in [6.07, 6.45) is -0.729. The Bertz CT molecular complexity index is 639. The van der Waals surface area contributed by atoms with E-state index in [0.29, 0.717) is 11.5 Å². The Morgan fingerprint density at radius 2 is 1.83 bits per heavy atom. The van der Waals surface area contributed by atoms with E-state index in [2.05, 4.69) is 0 Å². The lowest BCUT2D eigenvalue weighted by atomic mass is 10.1. The van der Waals surface area contributed by atoms with Crippen LogP contribution in [0.1, 0.15) is 11.1 Å². The number of hydrogen-bond donors (Lipinski definition) is 1. The molecule has 0 aromatic heterocycles. The second-order valence-corrected chi connectivity index (χ2v) is 5.01. The Kier molecular flexibility index (Phi) is 6.00. The molecule has 2 rings (SSSR count). The molecule has 0 aliphatic carbocycles. The third-order valence-electron chi connectivity index (χ3n) is 3.47. The largest absolute Gasteiger partial charge is 0.497 e. The zero-order valence-corrected chi connectivity index (χ0v) is 13.2. The Labute approximate surface area is 135 Å². The van der Waals surface area contributed by atoms with Crippen LogP contribution in [0.2, 0.25) is 0 Å². The first-order valence-corrected chi connectivity index (χ1v) is 7.23. The quantitative estimate of drug-likeness (QED) is 0.811. The summed E-state index contributed by atoms with van der Waals surface area (Å²) in [6.45, 7) is 0.246. The number of aliphatic carboxylic acids is 1. The molecule has 0 saturated carbocycles. The van der Waals surface area contributed by atoms with E-state index in [-0.39, 0.29) is 13.0 Å². The van der Waals surface area contributed by atoms with Gasteiger partial charge in [-0.25, -0.2) is 4.79 Å². The Balaban J connectivity index is 2.08.